The highest BCUT2D eigenvalue weighted by molar-refractivity contribution is 5.87. The molecule has 2 aromatic heterocycles. The van der Waals surface area contributed by atoms with Gasteiger partial charge in [-0.25, -0.2) is 4.98 Å². The lowest BCUT2D eigenvalue weighted by Crippen LogP contribution is -2.39. The van der Waals surface area contributed by atoms with Gasteiger partial charge in [0, 0.05) is 44.1 Å². The number of carbonyl (C=O) groups is 1. The summed E-state index contributed by atoms with van der Waals surface area (Å²) in [5.74, 6) is 1.14. The number of nitrogens with one attached hydrogen (secondary N) is 2. The fourth-order valence-electron chi connectivity index (χ4n) is 5.69. The minimum absolute atomic E-state index is 0.0377. The predicted molar refractivity (Wildman–Crippen MR) is 160 cm³/mol. The second kappa shape index (κ2) is 11.8. The molecule has 1 unspecified atom stereocenters. The summed E-state index contributed by atoms with van der Waals surface area (Å²) in [7, 11) is 0. The summed E-state index contributed by atoms with van der Waals surface area (Å²) < 4.78 is 2.10. The van der Waals surface area contributed by atoms with Gasteiger partial charge in [0.1, 0.15) is 0 Å². The van der Waals surface area contributed by atoms with Gasteiger partial charge < -0.3 is 25.0 Å². The van der Waals surface area contributed by atoms with Crippen LogP contribution in [-0.4, -0.2) is 56.5 Å². The molecular weight excluding hydrogens is 500 g/mol. The van der Waals surface area contributed by atoms with Gasteiger partial charge in [-0.3, -0.25) is 4.79 Å². The molecule has 1 amide bonds. The summed E-state index contributed by atoms with van der Waals surface area (Å²) in [5.41, 5.74) is 4.80. The minimum Gasteiger partial charge on any atom is -0.372 e. The smallest absolute Gasteiger partial charge is 0.246 e. The quantitative estimate of drug-likeness (QED) is 0.287. The van der Waals surface area contributed by atoms with E-state index in [1.807, 2.05) is 29.4 Å². The third-order valence-electron chi connectivity index (χ3n) is 7.85. The van der Waals surface area contributed by atoms with E-state index < -0.39 is 0 Å². The van der Waals surface area contributed by atoms with E-state index in [-0.39, 0.29) is 11.9 Å². The molecule has 0 aliphatic carbocycles. The Morgan fingerprint density at radius 2 is 1.77 bits per heavy atom. The number of carbonyl (C=O) groups excluding carboxylic acids is 1. The fourth-order valence-corrected chi connectivity index (χ4v) is 5.69. The number of rotatable bonds is 8. The maximum Gasteiger partial charge on any atom is 0.246 e. The van der Waals surface area contributed by atoms with Crippen LogP contribution >= 0.6 is 0 Å². The van der Waals surface area contributed by atoms with Crippen molar-refractivity contribution in [1.82, 2.24) is 24.4 Å². The van der Waals surface area contributed by atoms with Crippen molar-refractivity contribution < 1.29 is 4.79 Å². The number of aromatic nitrogens is 4. The number of piperidine rings is 2. The lowest BCUT2D eigenvalue weighted by Gasteiger charge is -2.32. The number of amides is 1. The molecule has 9 nitrogen and oxygen atoms in total. The Hall–Kier alpha value is -4.40. The molecule has 206 valence electrons. The van der Waals surface area contributed by atoms with E-state index in [4.69, 9.17) is 15.0 Å². The Labute approximate surface area is 234 Å². The predicted octanol–water partition coefficient (Wildman–Crippen LogP) is 5.52. The van der Waals surface area contributed by atoms with Gasteiger partial charge in [-0.1, -0.05) is 36.9 Å². The van der Waals surface area contributed by atoms with E-state index in [1.54, 1.807) is 0 Å². The first kappa shape index (κ1) is 25.9. The number of hydrogen-bond donors (Lipinski definition) is 2. The third-order valence-corrected chi connectivity index (χ3v) is 7.85. The van der Waals surface area contributed by atoms with Crippen molar-refractivity contribution >= 4 is 40.2 Å². The van der Waals surface area contributed by atoms with Crippen LogP contribution in [0.4, 0.5) is 23.1 Å². The van der Waals surface area contributed by atoms with Crippen molar-refractivity contribution in [3.8, 4) is 0 Å². The monoisotopic (exact) mass is 536 g/mol. The van der Waals surface area contributed by atoms with Crippen LogP contribution < -0.4 is 15.5 Å². The van der Waals surface area contributed by atoms with Gasteiger partial charge in [0.15, 0.2) is 17.0 Å². The molecule has 4 heterocycles. The highest BCUT2D eigenvalue weighted by Crippen LogP contribution is 2.30. The summed E-state index contributed by atoms with van der Waals surface area (Å²) in [6.07, 6.45) is 8.91. The molecule has 40 heavy (non-hydrogen) atoms. The van der Waals surface area contributed by atoms with Crippen LogP contribution in [0.2, 0.25) is 0 Å². The van der Waals surface area contributed by atoms with Crippen LogP contribution in [0.3, 0.4) is 0 Å². The SMILES string of the molecule is C=CC(=O)N1CCCC(n2cnc3c(NCc4ccccc4)nc(Nc4ccc(N5CCCCC5)cc4)nc32)C1. The Morgan fingerprint density at radius 1 is 0.975 bits per heavy atom. The lowest BCUT2D eigenvalue weighted by atomic mass is 10.1. The zero-order chi connectivity index (χ0) is 27.3. The average Bonchev–Trinajstić information content (AvgIpc) is 3.45. The molecule has 0 spiro atoms. The van der Waals surface area contributed by atoms with Crippen molar-refractivity contribution in [3.05, 3.63) is 79.1 Å². The number of benzene rings is 2. The summed E-state index contributed by atoms with van der Waals surface area (Å²) in [5, 5.41) is 6.90. The summed E-state index contributed by atoms with van der Waals surface area (Å²) in [4.78, 5) is 31.1. The van der Waals surface area contributed by atoms with Crippen LogP contribution in [0.25, 0.3) is 11.2 Å². The Morgan fingerprint density at radius 3 is 2.55 bits per heavy atom. The van der Waals surface area contributed by atoms with Gasteiger partial charge >= 0.3 is 0 Å². The van der Waals surface area contributed by atoms with Crippen LogP contribution in [0, 0.1) is 0 Å². The van der Waals surface area contributed by atoms with Gasteiger partial charge in [-0.15, -0.1) is 0 Å². The van der Waals surface area contributed by atoms with Crippen molar-refractivity contribution in [2.24, 2.45) is 0 Å². The van der Waals surface area contributed by atoms with Crippen LogP contribution in [0.1, 0.15) is 43.7 Å². The van der Waals surface area contributed by atoms with Crippen molar-refractivity contribution in [1.29, 1.82) is 0 Å². The molecule has 2 saturated heterocycles. The Balaban J connectivity index is 1.30. The molecule has 1 atom stereocenters. The number of nitrogens with zero attached hydrogens (tertiary/aromatic N) is 6. The summed E-state index contributed by atoms with van der Waals surface area (Å²) in [6, 6.07) is 18.8. The molecule has 2 aromatic carbocycles. The zero-order valence-electron chi connectivity index (χ0n) is 22.8. The average molecular weight is 537 g/mol. The molecule has 0 bridgehead atoms. The van der Waals surface area contributed by atoms with Gasteiger partial charge in [-0.2, -0.15) is 9.97 Å². The summed E-state index contributed by atoms with van der Waals surface area (Å²) >= 11 is 0. The zero-order valence-corrected chi connectivity index (χ0v) is 22.8. The molecule has 6 rings (SSSR count). The van der Waals surface area contributed by atoms with Crippen LogP contribution in [0.15, 0.2) is 73.6 Å². The maximum atomic E-state index is 12.3. The first-order chi connectivity index (χ1) is 19.7. The van der Waals surface area contributed by atoms with Crippen LogP contribution in [-0.2, 0) is 11.3 Å². The van der Waals surface area contributed by atoms with Gasteiger partial charge in [-0.05, 0) is 68.0 Å². The number of fused-ring (bicyclic) bond motifs is 1. The molecule has 0 radical (unpaired) electrons. The number of hydrogen-bond acceptors (Lipinski definition) is 7. The number of likely N-dealkylation sites (tertiary alicyclic amines) is 1. The normalized spacial score (nSPS) is 17.6. The van der Waals surface area contributed by atoms with Crippen molar-refractivity contribution in [3.63, 3.8) is 0 Å². The lowest BCUT2D eigenvalue weighted by molar-refractivity contribution is -0.127. The van der Waals surface area contributed by atoms with Gasteiger partial charge in [0.05, 0.1) is 12.4 Å². The molecule has 0 saturated carbocycles. The topological polar surface area (TPSA) is 91.2 Å². The van der Waals surface area contributed by atoms with E-state index in [1.165, 1.54) is 31.0 Å². The molecule has 2 aliphatic heterocycles. The second-order valence-corrected chi connectivity index (χ2v) is 10.6. The standard InChI is InChI=1S/C31H36N8O/c1-2-27(40)38-19-9-12-26(21-38)39-22-33-28-29(32-20-23-10-5-3-6-11-23)35-31(36-30(28)39)34-24-13-15-25(16-14-24)37-17-7-4-8-18-37/h2-3,5-6,10-11,13-16,22,26H,1,4,7-9,12,17-21H2,(H2,32,34,35,36). The fraction of sp³-hybridized carbons (Fsp3) is 0.355. The molecule has 9 heteroatoms. The van der Waals surface area contributed by atoms with Crippen molar-refractivity contribution in [2.45, 2.75) is 44.7 Å². The third kappa shape index (κ3) is 5.64. The highest BCUT2D eigenvalue weighted by atomic mass is 16.2. The molecule has 4 aromatic rings. The second-order valence-electron chi connectivity index (χ2n) is 10.6. The van der Waals surface area contributed by atoms with Crippen LogP contribution in [0.5, 0.6) is 0 Å². The van der Waals surface area contributed by atoms with E-state index in [2.05, 4.69) is 63.1 Å². The maximum absolute atomic E-state index is 12.3. The highest BCUT2D eigenvalue weighted by Gasteiger charge is 2.26. The van der Waals surface area contributed by atoms with E-state index in [9.17, 15) is 4.79 Å². The largest absolute Gasteiger partial charge is 0.372 e. The first-order valence-electron chi connectivity index (χ1n) is 14.2. The molecule has 2 N–H and O–H groups in total. The van der Waals surface area contributed by atoms with E-state index in [0.717, 1.165) is 49.4 Å². The number of imidazole rings is 1. The van der Waals surface area contributed by atoms with E-state index in [0.29, 0.717) is 30.4 Å². The van der Waals surface area contributed by atoms with Gasteiger partial charge in [0.2, 0.25) is 11.9 Å². The van der Waals surface area contributed by atoms with E-state index >= 15 is 0 Å². The molecular formula is C31H36N8O. The van der Waals surface area contributed by atoms with Crippen molar-refractivity contribution in [2.75, 3.05) is 41.7 Å². The first-order valence-corrected chi connectivity index (χ1v) is 14.2. The number of anilines is 4. The van der Waals surface area contributed by atoms with Gasteiger partial charge in [0.25, 0.3) is 0 Å². The summed E-state index contributed by atoms with van der Waals surface area (Å²) in [6.45, 7) is 7.86. The Kier molecular flexibility index (Phi) is 7.61. The molecule has 2 fully saturated rings. The minimum atomic E-state index is -0.0377. The Bertz CT molecular complexity index is 1460. The molecule has 2 aliphatic rings.